The number of hydrogen-bond acceptors (Lipinski definition) is 2. The van der Waals surface area contributed by atoms with Crippen LogP contribution in [0.2, 0.25) is 5.02 Å². The van der Waals surface area contributed by atoms with Gasteiger partial charge in [0.05, 0.1) is 6.04 Å². The normalized spacial score (nSPS) is 16.9. The third-order valence-corrected chi connectivity index (χ3v) is 5.80. The summed E-state index contributed by atoms with van der Waals surface area (Å²) in [5, 5.41) is 0.788. The number of rotatable bonds is 6. The van der Waals surface area contributed by atoms with Crippen LogP contribution in [0, 0.1) is 0 Å². The molecule has 4 rings (SSSR count). The van der Waals surface area contributed by atoms with Gasteiger partial charge in [-0.1, -0.05) is 96.5 Å². The Labute approximate surface area is 179 Å². The summed E-state index contributed by atoms with van der Waals surface area (Å²) in [6.45, 7) is 5.27. The second-order valence-corrected chi connectivity index (χ2v) is 7.95. The van der Waals surface area contributed by atoms with Gasteiger partial charge in [0.1, 0.15) is 0 Å². The minimum Gasteiger partial charge on any atom is -0.297 e. The third-order valence-electron chi connectivity index (χ3n) is 5.55. The predicted molar refractivity (Wildman–Crippen MR) is 123 cm³/mol. The lowest BCUT2D eigenvalue weighted by Crippen LogP contribution is -2.47. The Morgan fingerprint density at radius 3 is 1.97 bits per heavy atom. The fourth-order valence-corrected chi connectivity index (χ4v) is 4.13. The van der Waals surface area contributed by atoms with Crippen LogP contribution in [-0.4, -0.2) is 42.5 Å². The van der Waals surface area contributed by atoms with Crippen molar-refractivity contribution in [3.8, 4) is 0 Å². The summed E-state index contributed by atoms with van der Waals surface area (Å²) >= 11 is 6.13. The van der Waals surface area contributed by atoms with Crippen LogP contribution in [0.3, 0.4) is 0 Å². The van der Waals surface area contributed by atoms with E-state index in [1.54, 1.807) is 0 Å². The summed E-state index contributed by atoms with van der Waals surface area (Å²) in [6.07, 6.45) is 4.49. The van der Waals surface area contributed by atoms with Gasteiger partial charge < -0.3 is 0 Å². The zero-order chi connectivity index (χ0) is 19.9. The van der Waals surface area contributed by atoms with E-state index in [0.29, 0.717) is 0 Å². The molecule has 3 aromatic carbocycles. The van der Waals surface area contributed by atoms with Gasteiger partial charge in [-0.05, 0) is 28.8 Å². The average Bonchev–Trinajstić information content (AvgIpc) is 2.78. The molecule has 3 aromatic rings. The van der Waals surface area contributed by atoms with Crippen LogP contribution in [0.15, 0.2) is 91.0 Å². The molecule has 0 N–H and O–H groups in total. The van der Waals surface area contributed by atoms with E-state index >= 15 is 0 Å². The van der Waals surface area contributed by atoms with Crippen LogP contribution in [0.5, 0.6) is 0 Å². The van der Waals surface area contributed by atoms with Crippen molar-refractivity contribution in [3.63, 3.8) is 0 Å². The first kappa shape index (κ1) is 19.9. The molecule has 1 fully saturated rings. The lowest BCUT2D eigenvalue weighted by molar-refractivity contribution is 0.118. The van der Waals surface area contributed by atoms with Crippen molar-refractivity contribution in [3.05, 3.63) is 113 Å². The minimum atomic E-state index is 0.274. The largest absolute Gasteiger partial charge is 0.297 e. The number of halogens is 1. The Morgan fingerprint density at radius 2 is 1.31 bits per heavy atom. The molecule has 0 spiro atoms. The van der Waals surface area contributed by atoms with E-state index in [4.69, 9.17) is 11.6 Å². The molecule has 3 heteroatoms. The second-order valence-electron chi connectivity index (χ2n) is 7.51. The maximum absolute atomic E-state index is 6.13. The molecule has 1 aliphatic rings. The van der Waals surface area contributed by atoms with Crippen LogP contribution in [-0.2, 0) is 0 Å². The predicted octanol–water partition coefficient (Wildman–Crippen LogP) is 5.76. The van der Waals surface area contributed by atoms with E-state index < -0.39 is 0 Å². The summed E-state index contributed by atoms with van der Waals surface area (Å²) in [6, 6.07) is 29.9. The van der Waals surface area contributed by atoms with E-state index in [1.807, 2.05) is 12.1 Å². The zero-order valence-electron chi connectivity index (χ0n) is 16.6. The highest BCUT2D eigenvalue weighted by Crippen LogP contribution is 2.30. The lowest BCUT2D eigenvalue weighted by Gasteiger charge is -2.39. The maximum Gasteiger partial charge on any atom is 0.0602 e. The molecule has 29 heavy (non-hydrogen) atoms. The molecule has 0 amide bonds. The van der Waals surface area contributed by atoms with E-state index in [1.165, 1.54) is 16.7 Å². The van der Waals surface area contributed by atoms with Crippen molar-refractivity contribution < 1.29 is 0 Å². The summed E-state index contributed by atoms with van der Waals surface area (Å²) in [7, 11) is 0. The van der Waals surface area contributed by atoms with Crippen LogP contribution < -0.4 is 0 Å². The Kier molecular flexibility index (Phi) is 6.79. The third kappa shape index (κ3) is 5.36. The monoisotopic (exact) mass is 402 g/mol. The zero-order valence-corrected chi connectivity index (χ0v) is 17.4. The first-order valence-corrected chi connectivity index (χ1v) is 10.7. The number of piperazine rings is 1. The van der Waals surface area contributed by atoms with E-state index in [0.717, 1.165) is 37.7 Å². The quantitative estimate of drug-likeness (QED) is 0.517. The van der Waals surface area contributed by atoms with Crippen molar-refractivity contribution in [2.45, 2.75) is 6.04 Å². The molecule has 0 aliphatic carbocycles. The van der Waals surface area contributed by atoms with Crippen molar-refractivity contribution in [2.75, 3.05) is 32.7 Å². The van der Waals surface area contributed by atoms with Crippen LogP contribution in [0.4, 0.5) is 0 Å². The molecule has 0 aromatic heterocycles. The van der Waals surface area contributed by atoms with Gasteiger partial charge >= 0.3 is 0 Å². The van der Waals surface area contributed by atoms with E-state index in [2.05, 4.69) is 94.7 Å². The fraction of sp³-hybridized carbons (Fsp3) is 0.231. The van der Waals surface area contributed by atoms with Crippen molar-refractivity contribution in [2.24, 2.45) is 0 Å². The number of nitrogens with zero attached hydrogens (tertiary/aromatic N) is 2. The summed E-state index contributed by atoms with van der Waals surface area (Å²) in [5.74, 6) is 0. The molecule has 1 atom stereocenters. The topological polar surface area (TPSA) is 6.48 Å². The van der Waals surface area contributed by atoms with Gasteiger partial charge in [-0.25, -0.2) is 0 Å². The molecule has 148 valence electrons. The molecule has 0 bridgehead atoms. The van der Waals surface area contributed by atoms with Crippen LogP contribution in [0.1, 0.15) is 22.7 Å². The molecule has 0 radical (unpaired) electrons. The molecule has 2 nitrogen and oxygen atoms in total. The second kappa shape index (κ2) is 9.89. The Morgan fingerprint density at radius 1 is 0.724 bits per heavy atom. The van der Waals surface area contributed by atoms with Crippen LogP contribution >= 0.6 is 11.6 Å². The molecule has 1 heterocycles. The van der Waals surface area contributed by atoms with Crippen molar-refractivity contribution >= 4 is 17.7 Å². The van der Waals surface area contributed by atoms with Gasteiger partial charge in [-0.2, -0.15) is 0 Å². The summed E-state index contributed by atoms with van der Waals surface area (Å²) in [5.41, 5.74) is 3.91. The molecule has 0 saturated carbocycles. The number of benzene rings is 3. The first-order chi connectivity index (χ1) is 14.3. The fourth-order valence-electron chi connectivity index (χ4n) is 4.00. The SMILES string of the molecule is Clc1ccc([C@@H](c2ccccc2)N2CCN(C/C=C/c3ccccc3)CC2)cc1. The summed E-state index contributed by atoms with van der Waals surface area (Å²) < 4.78 is 0. The molecule has 0 unspecified atom stereocenters. The van der Waals surface area contributed by atoms with Crippen molar-refractivity contribution in [1.82, 2.24) is 9.80 Å². The van der Waals surface area contributed by atoms with Gasteiger partial charge in [0.2, 0.25) is 0 Å². The Balaban J connectivity index is 1.41. The highest BCUT2D eigenvalue weighted by molar-refractivity contribution is 6.30. The lowest BCUT2D eigenvalue weighted by atomic mass is 9.96. The smallest absolute Gasteiger partial charge is 0.0602 e. The standard InChI is InChI=1S/C26H27ClN2/c27-25-15-13-24(14-16-25)26(23-11-5-2-6-12-23)29-20-18-28(19-21-29)17-7-10-22-8-3-1-4-9-22/h1-16,26H,17-21H2/b10-7+/t26-/m1/s1. The Hall–Kier alpha value is -2.39. The van der Waals surface area contributed by atoms with Gasteiger partial charge in [0.25, 0.3) is 0 Å². The number of hydrogen-bond donors (Lipinski definition) is 0. The molecule has 1 saturated heterocycles. The van der Waals surface area contributed by atoms with Gasteiger partial charge in [-0.3, -0.25) is 9.80 Å². The highest BCUT2D eigenvalue weighted by Gasteiger charge is 2.25. The van der Waals surface area contributed by atoms with Gasteiger partial charge in [-0.15, -0.1) is 0 Å². The first-order valence-electron chi connectivity index (χ1n) is 10.3. The average molecular weight is 403 g/mol. The summed E-state index contributed by atoms with van der Waals surface area (Å²) in [4.78, 5) is 5.12. The minimum absolute atomic E-state index is 0.274. The Bertz CT molecular complexity index is 898. The van der Waals surface area contributed by atoms with Gasteiger partial charge in [0, 0.05) is 37.7 Å². The maximum atomic E-state index is 6.13. The van der Waals surface area contributed by atoms with Gasteiger partial charge in [0.15, 0.2) is 0 Å². The molecular formula is C26H27ClN2. The van der Waals surface area contributed by atoms with Crippen molar-refractivity contribution in [1.29, 1.82) is 0 Å². The molecule has 1 aliphatic heterocycles. The van der Waals surface area contributed by atoms with E-state index in [-0.39, 0.29) is 6.04 Å². The molecular weight excluding hydrogens is 376 g/mol. The van der Waals surface area contributed by atoms with E-state index in [9.17, 15) is 0 Å². The van der Waals surface area contributed by atoms with Crippen LogP contribution in [0.25, 0.3) is 6.08 Å². The highest BCUT2D eigenvalue weighted by atomic mass is 35.5.